The predicted molar refractivity (Wildman–Crippen MR) is 72.8 cm³/mol. The maximum atomic E-state index is 11.5. The van der Waals surface area contributed by atoms with Crippen molar-refractivity contribution in [3.05, 3.63) is 59.7 Å². The van der Waals surface area contributed by atoms with Crippen molar-refractivity contribution in [2.24, 2.45) is 0 Å². The van der Waals surface area contributed by atoms with Gasteiger partial charge in [0.1, 0.15) is 11.9 Å². The lowest BCUT2D eigenvalue weighted by Crippen LogP contribution is -2.45. The van der Waals surface area contributed by atoms with E-state index in [0.717, 1.165) is 5.56 Å². The standard InChI is InChI=1S/C15H15N3O2/c19-15(20)13-8-11-4-1-2-5-12(11)9-18(13)10-14-16-6-3-7-17-14/h1-7,13H,8-10H2,(H,19,20)/t13-/m0/s1. The van der Waals surface area contributed by atoms with E-state index in [1.54, 1.807) is 18.5 Å². The fraction of sp³-hybridized carbons (Fsp3) is 0.267. The Morgan fingerprint density at radius 2 is 1.90 bits per heavy atom. The highest BCUT2D eigenvalue weighted by Gasteiger charge is 2.31. The number of nitrogens with zero attached hydrogens (tertiary/aromatic N) is 3. The molecule has 5 nitrogen and oxygen atoms in total. The second-order valence-corrected chi connectivity index (χ2v) is 4.90. The molecule has 20 heavy (non-hydrogen) atoms. The van der Waals surface area contributed by atoms with Crippen LogP contribution in [0.15, 0.2) is 42.7 Å². The van der Waals surface area contributed by atoms with Gasteiger partial charge in [0.2, 0.25) is 0 Å². The zero-order chi connectivity index (χ0) is 13.9. The maximum absolute atomic E-state index is 11.5. The molecule has 3 rings (SSSR count). The van der Waals surface area contributed by atoms with Crippen LogP contribution in [0.1, 0.15) is 17.0 Å². The fourth-order valence-corrected chi connectivity index (χ4v) is 2.58. The van der Waals surface area contributed by atoms with Gasteiger partial charge < -0.3 is 5.11 Å². The zero-order valence-corrected chi connectivity index (χ0v) is 10.9. The van der Waals surface area contributed by atoms with Crippen molar-refractivity contribution in [2.75, 3.05) is 0 Å². The molecule has 102 valence electrons. The Labute approximate surface area is 116 Å². The zero-order valence-electron chi connectivity index (χ0n) is 10.9. The highest BCUT2D eigenvalue weighted by Crippen LogP contribution is 2.24. The molecule has 0 radical (unpaired) electrons. The molecule has 1 N–H and O–H groups in total. The van der Waals surface area contributed by atoms with E-state index in [2.05, 4.69) is 9.97 Å². The number of carbonyl (C=O) groups is 1. The van der Waals surface area contributed by atoms with E-state index in [0.29, 0.717) is 25.3 Å². The second kappa shape index (κ2) is 5.38. The molecule has 0 amide bonds. The average molecular weight is 269 g/mol. The number of carboxylic acid groups (broad SMARTS) is 1. The van der Waals surface area contributed by atoms with Gasteiger partial charge in [-0.05, 0) is 23.6 Å². The quantitative estimate of drug-likeness (QED) is 0.914. The molecule has 2 heterocycles. The van der Waals surface area contributed by atoms with Crippen LogP contribution < -0.4 is 0 Å². The summed E-state index contributed by atoms with van der Waals surface area (Å²) in [4.78, 5) is 21.8. The van der Waals surface area contributed by atoms with Crippen LogP contribution in [0.5, 0.6) is 0 Å². The number of carboxylic acids is 1. The summed E-state index contributed by atoms with van der Waals surface area (Å²) in [6, 6.07) is 9.22. The second-order valence-electron chi connectivity index (χ2n) is 4.90. The van der Waals surface area contributed by atoms with Gasteiger partial charge in [0.25, 0.3) is 0 Å². The van der Waals surface area contributed by atoms with E-state index in [9.17, 15) is 9.90 Å². The number of aliphatic carboxylic acids is 1. The summed E-state index contributed by atoms with van der Waals surface area (Å²) >= 11 is 0. The SMILES string of the molecule is O=C(O)[C@@H]1Cc2ccccc2CN1Cc1ncccn1. The van der Waals surface area contributed by atoms with Crippen molar-refractivity contribution in [1.29, 1.82) is 0 Å². The molecule has 0 fully saturated rings. The minimum absolute atomic E-state index is 0.451. The summed E-state index contributed by atoms with van der Waals surface area (Å²) in [5, 5.41) is 9.43. The lowest BCUT2D eigenvalue weighted by molar-refractivity contribution is -0.144. The summed E-state index contributed by atoms with van der Waals surface area (Å²) in [7, 11) is 0. The van der Waals surface area contributed by atoms with Crippen LogP contribution in [0, 0.1) is 0 Å². The molecular weight excluding hydrogens is 254 g/mol. The third-order valence-electron chi connectivity index (χ3n) is 3.59. The molecule has 0 spiro atoms. The molecule has 1 aromatic carbocycles. The molecule has 1 aromatic heterocycles. The van der Waals surface area contributed by atoms with Crippen LogP contribution in [-0.4, -0.2) is 32.0 Å². The Bertz CT molecular complexity index is 616. The molecule has 0 saturated carbocycles. The monoisotopic (exact) mass is 269 g/mol. The normalized spacial score (nSPS) is 18.5. The van der Waals surface area contributed by atoms with Gasteiger partial charge in [0.15, 0.2) is 0 Å². The smallest absolute Gasteiger partial charge is 0.321 e. The first-order chi connectivity index (χ1) is 9.74. The molecule has 0 saturated heterocycles. The average Bonchev–Trinajstić information content (AvgIpc) is 2.47. The molecule has 1 atom stereocenters. The van der Waals surface area contributed by atoms with Crippen LogP contribution in [0.2, 0.25) is 0 Å². The highest BCUT2D eigenvalue weighted by atomic mass is 16.4. The molecule has 0 unspecified atom stereocenters. The third kappa shape index (κ3) is 2.53. The minimum atomic E-state index is -0.796. The first-order valence-electron chi connectivity index (χ1n) is 6.53. The summed E-state index contributed by atoms with van der Waals surface area (Å²) < 4.78 is 0. The number of benzene rings is 1. The van der Waals surface area contributed by atoms with Gasteiger partial charge >= 0.3 is 5.97 Å². The van der Waals surface area contributed by atoms with E-state index in [-0.39, 0.29) is 0 Å². The summed E-state index contributed by atoms with van der Waals surface area (Å²) in [5.74, 6) is -0.145. The summed E-state index contributed by atoms with van der Waals surface area (Å²) in [5.41, 5.74) is 2.30. The van der Waals surface area contributed by atoms with Gasteiger partial charge in [-0.25, -0.2) is 9.97 Å². The first kappa shape index (κ1) is 12.7. The van der Waals surface area contributed by atoms with Gasteiger partial charge in [-0.1, -0.05) is 24.3 Å². The Kier molecular flexibility index (Phi) is 3.43. The van der Waals surface area contributed by atoms with Crippen molar-refractivity contribution in [3.8, 4) is 0 Å². The predicted octanol–water partition coefficient (Wildman–Crippen LogP) is 1.49. The minimum Gasteiger partial charge on any atom is -0.480 e. The van der Waals surface area contributed by atoms with Crippen molar-refractivity contribution >= 4 is 5.97 Å². The van der Waals surface area contributed by atoms with E-state index in [1.165, 1.54) is 5.56 Å². The topological polar surface area (TPSA) is 66.3 Å². The third-order valence-corrected chi connectivity index (χ3v) is 3.59. The van der Waals surface area contributed by atoms with Gasteiger partial charge in [-0.3, -0.25) is 9.69 Å². The molecule has 1 aliphatic heterocycles. The van der Waals surface area contributed by atoms with Gasteiger partial charge in [-0.15, -0.1) is 0 Å². The molecule has 5 heteroatoms. The Balaban J connectivity index is 1.87. The highest BCUT2D eigenvalue weighted by molar-refractivity contribution is 5.74. The molecule has 1 aliphatic rings. The van der Waals surface area contributed by atoms with Crippen molar-refractivity contribution < 1.29 is 9.90 Å². The lowest BCUT2D eigenvalue weighted by Gasteiger charge is -2.33. The Hall–Kier alpha value is -2.27. The first-order valence-corrected chi connectivity index (χ1v) is 6.53. The van der Waals surface area contributed by atoms with Crippen LogP contribution in [0.3, 0.4) is 0 Å². The number of hydrogen-bond acceptors (Lipinski definition) is 4. The number of rotatable bonds is 3. The molecule has 0 aliphatic carbocycles. The molecular formula is C15H15N3O2. The maximum Gasteiger partial charge on any atom is 0.321 e. The van der Waals surface area contributed by atoms with Crippen LogP contribution in [0.25, 0.3) is 0 Å². The summed E-state index contributed by atoms with van der Waals surface area (Å²) in [6.45, 7) is 1.07. The van der Waals surface area contributed by atoms with Crippen molar-refractivity contribution in [1.82, 2.24) is 14.9 Å². The van der Waals surface area contributed by atoms with E-state index >= 15 is 0 Å². The largest absolute Gasteiger partial charge is 0.480 e. The van der Waals surface area contributed by atoms with Crippen molar-refractivity contribution in [2.45, 2.75) is 25.6 Å². The van der Waals surface area contributed by atoms with E-state index in [4.69, 9.17) is 0 Å². The van der Waals surface area contributed by atoms with Gasteiger partial charge in [-0.2, -0.15) is 0 Å². The Morgan fingerprint density at radius 1 is 1.20 bits per heavy atom. The summed E-state index contributed by atoms with van der Waals surface area (Å²) in [6.07, 6.45) is 3.88. The van der Waals surface area contributed by atoms with Crippen molar-refractivity contribution in [3.63, 3.8) is 0 Å². The number of aromatic nitrogens is 2. The molecule has 2 aromatic rings. The Morgan fingerprint density at radius 3 is 2.60 bits per heavy atom. The van der Waals surface area contributed by atoms with E-state index in [1.807, 2.05) is 29.2 Å². The number of fused-ring (bicyclic) bond motifs is 1. The van der Waals surface area contributed by atoms with Crippen LogP contribution in [0.4, 0.5) is 0 Å². The van der Waals surface area contributed by atoms with Crippen LogP contribution in [-0.2, 0) is 24.3 Å². The molecule has 0 bridgehead atoms. The van der Waals surface area contributed by atoms with E-state index < -0.39 is 12.0 Å². The van der Waals surface area contributed by atoms with Gasteiger partial charge in [0.05, 0.1) is 6.54 Å². The van der Waals surface area contributed by atoms with Crippen LogP contribution >= 0.6 is 0 Å². The number of hydrogen-bond donors (Lipinski definition) is 1. The lowest BCUT2D eigenvalue weighted by atomic mass is 9.94. The fourth-order valence-electron chi connectivity index (χ4n) is 2.58. The van der Waals surface area contributed by atoms with Gasteiger partial charge in [0, 0.05) is 18.9 Å².